The monoisotopic (exact) mass is 399 g/mol. The smallest absolute Gasteiger partial charge is 0.300 e. The topological polar surface area (TPSA) is 44.4 Å². The highest BCUT2D eigenvalue weighted by Crippen LogP contribution is 2.24. The number of rotatable bonds is 8. The first kappa shape index (κ1) is 21.9. The first-order chi connectivity index (χ1) is 14.1. The second-order valence-electron chi connectivity index (χ2n) is 8.75. The Morgan fingerprint density at radius 2 is 1.66 bits per heavy atom. The van der Waals surface area contributed by atoms with E-state index in [2.05, 4.69) is 49.4 Å². The molecule has 3 saturated heterocycles. The number of piperazine rings is 1. The molecule has 160 valence electrons. The van der Waals surface area contributed by atoms with Crippen molar-refractivity contribution in [2.45, 2.75) is 38.6 Å². The molecule has 0 aromatic carbocycles. The first-order valence-corrected chi connectivity index (χ1v) is 11.3. The zero-order chi connectivity index (χ0) is 20.6. The van der Waals surface area contributed by atoms with Gasteiger partial charge in [0.05, 0.1) is 12.6 Å². The van der Waals surface area contributed by atoms with Crippen LogP contribution in [0.3, 0.4) is 0 Å². The molecule has 1 atom stereocenters. The molecule has 29 heavy (non-hydrogen) atoms. The standard InChI is InChI=1S/C22H37N7/c1-20-7-4-9-27(20)10-6-12-29-18-17-28(22(29)21(19-23)24-2)11-5-8-26-15-13-25(3)14-16-26/h20H,4-18H2,1,3H3. The third kappa shape index (κ3) is 5.85. The molecular formula is C22H37N7. The zero-order valence-corrected chi connectivity index (χ0v) is 18.3. The SMILES string of the molecule is [C-]#[N+]C(C#N)=C1N(CCCN2CCN(C)CC2)CCN1CCCN1CCCC1C. The molecule has 3 heterocycles. The van der Waals surface area contributed by atoms with Crippen molar-refractivity contribution in [2.75, 3.05) is 79.0 Å². The number of allylic oxidation sites excluding steroid dienone is 1. The van der Waals surface area contributed by atoms with Crippen molar-refractivity contribution >= 4 is 0 Å². The molecule has 0 aliphatic carbocycles. The van der Waals surface area contributed by atoms with E-state index in [9.17, 15) is 5.26 Å². The normalized spacial score (nSPS) is 26.0. The van der Waals surface area contributed by atoms with Gasteiger partial charge in [0, 0.05) is 64.9 Å². The van der Waals surface area contributed by atoms with Crippen molar-refractivity contribution in [3.8, 4) is 6.07 Å². The molecule has 3 aliphatic heterocycles. The van der Waals surface area contributed by atoms with Crippen molar-refractivity contribution in [3.05, 3.63) is 22.9 Å². The van der Waals surface area contributed by atoms with Gasteiger partial charge in [-0.25, -0.2) is 10.1 Å². The number of hydrogen-bond donors (Lipinski definition) is 0. The van der Waals surface area contributed by atoms with Crippen molar-refractivity contribution in [1.82, 2.24) is 24.5 Å². The second-order valence-corrected chi connectivity index (χ2v) is 8.75. The summed E-state index contributed by atoms with van der Waals surface area (Å²) in [5.74, 6) is 0.885. The number of hydrogen-bond acceptors (Lipinski definition) is 6. The average Bonchev–Trinajstić information content (AvgIpc) is 3.31. The summed E-state index contributed by atoms with van der Waals surface area (Å²) in [6.07, 6.45) is 4.81. The molecule has 0 aromatic heterocycles. The highest BCUT2D eigenvalue weighted by atomic mass is 15.4. The zero-order valence-electron chi connectivity index (χ0n) is 18.3. The molecule has 3 fully saturated rings. The van der Waals surface area contributed by atoms with Crippen LogP contribution in [0.25, 0.3) is 4.85 Å². The Morgan fingerprint density at radius 3 is 2.21 bits per heavy atom. The molecule has 0 aromatic rings. The quantitative estimate of drug-likeness (QED) is 0.458. The lowest BCUT2D eigenvalue weighted by Crippen LogP contribution is -2.45. The van der Waals surface area contributed by atoms with Crippen LogP contribution in [0.1, 0.15) is 32.6 Å². The van der Waals surface area contributed by atoms with Crippen molar-refractivity contribution < 1.29 is 0 Å². The molecule has 3 aliphatic rings. The molecule has 0 saturated carbocycles. The highest BCUT2D eigenvalue weighted by molar-refractivity contribution is 5.33. The summed E-state index contributed by atoms with van der Waals surface area (Å²) in [5.41, 5.74) is 0.261. The maximum Gasteiger partial charge on any atom is 0.300 e. The van der Waals surface area contributed by atoms with E-state index in [1.807, 2.05) is 0 Å². The van der Waals surface area contributed by atoms with Crippen molar-refractivity contribution in [1.29, 1.82) is 5.26 Å². The van der Waals surface area contributed by atoms with Gasteiger partial charge in [-0.3, -0.25) is 0 Å². The summed E-state index contributed by atoms with van der Waals surface area (Å²) < 4.78 is 0. The van der Waals surface area contributed by atoms with Crippen LogP contribution in [0.5, 0.6) is 0 Å². The van der Waals surface area contributed by atoms with Crippen LogP contribution in [-0.4, -0.2) is 110 Å². The van der Waals surface area contributed by atoms with E-state index >= 15 is 0 Å². The summed E-state index contributed by atoms with van der Waals surface area (Å²) in [4.78, 5) is 15.6. The number of likely N-dealkylation sites (tertiary alicyclic amines) is 1. The molecular weight excluding hydrogens is 362 g/mol. The van der Waals surface area contributed by atoms with Gasteiger partial charge in [0.25, 0.3) is 0 Å². The van der Waals surface area contributed by atoms with Crippen LogP contribution in [-0.2, 0) is 0 Å². The Labute approximate surface area is 176 Å². The maximum absolute atomic E-state index is 9.51. The van der Waals surface area contributed by atoms with E-state index in [1.54, 1.807) is 0 Å². The molecule has 0 bridgehead atoms. The largest absolute Gasteiger partial charge is 0.365 e. The number of nitrogens with zero attached hydrogens (tertiary/aromatic N) is 7. The minimum absolute atomic E-state index is 0.261. The van der Waals surface area contributed by atoms with Crippen LogP contribution in [0, 0.1) is 17.9 Å². The average molecular weight is 400 g/mol. The summed E-state index contributed by atoms with van der Waals surface area (Å²) in [5, 5.41) is 9.51. The van der Waals surface area contributed by atoms with E-state index in [4.69, 9.17) is 6.57 Å². The number of nitriles is 1. The summed E-state index contributed by atoms with van der Waals surface area (Å²) in [6.45, 7) is 21.5. The Bertz CT molecular complexity index is 623. The van der Waals surface area contributed by atoms with Gasteiger partial charge in [-0.15, -0.1) is 0 Å². The molecule has 7 nitrogen and oxygen atoms in total. The summed E-state index contributed by atoms with van der Waals surface area (Å²) >= 11 is 0. The van der Waals surface area contributed by atoms with Crippen LogP contribution in [0.15, 0.2) is 11.5 Å². The van der Waals surface area contributed by atoms with E-state index in [0.717, 1.165) is 84.1 Å². The van der Waals surface area contributed by atoms with Crippen molar-refractivity contribution in [2.24, 2.45) is 0 Å². The molecule has 1 unspecified atom stereocenters. The van der Waals surface area contributed by atoms with Crippen LogP contribution < -0.4 is 0 Å². The molecule has 0 spiro atoms. The Balaban J connectivity index is 1.50. The van der Waals surface area contributed by atoms with Crippen molar-refractivity contribution in [3.63, 3.8) is 0 Å². The van der Waals surface area contributed by atoms with Gasteiger partial charge >= 0.3 is 5.70 Å². The lowest BCUT2D eigenvalue weighted by molar-refractivity contribution is 0.149. The molecule has 7 heteroatoms. The minimum Gasteiger partial charge on any atom is -0.365 e. The van der Waals surface area contributed by atoms with Gasteiger partial charge in [0.1, 0.15) is 5.82 Å². The van der Waals surface area contributed by atoms with Gasteiger partial charge in [-0.05, 0) is 52.7 Å². The fourth-order valence-corrected chi connectivity index (χ4v) is 4.86. The number of likely N-dealkylation sites (N-methyl/N-ethyl adjacent to an activating group) is 1. The fraction of sp³-hybridized carbons (Fsp3) is 0.818. The summed E-state index contributed by atoms with van der Waals surface area (Å²) in [7, 11) is 2.19. The molecule has 3 rings (SSSR count). The van der Waals surface area contributed by atoms with Gasteiger partial charge in [0.15, 0.2) is 0 Å². The minimum atomic E-state index is 0.261. The van der Waals surface area contributed by atoms with Gasteiger partial charge < -0.3 is 24.5 Å². The van der Waals surface area contributed by atoms with E-state index in [-0.39, 0.29) is 5.70 Å². The van der Waals surface area contributed by atoms with E-state index in [0.29, 0.717) is 6.04 Å². The van der Waals surface area contributed by atoms with Crippen LogP contribution in [0.2, 0.25) is 0 Å². The van der Waals surface area contributed by atoms with E-state index < -0.39 is 0 Å². The molecule has 0 amide bonds. The Morgan fingerprint density at radius 1 is 1.00 bits per heavy atom. The third-order valence-electron chi connectivity index (χ3n) is 6.73. The lowest BCUT2D eigenvalue weighted by Gasteiger charge is -2.33. The lowest BCUT2D eigenvalue weighted by atomic mass is 10.2. The van der Waals surface area contributed by atoms with Crippen LogP contribution in [0.4, 0.5) is 0 Å². The second kappa shape index (κ2) is 10.8. The van der Waals surface area contributed by atoms with E-state index in [1.165, 1.54) is 19.4 Å². The predicted molar refractivity (Wildman–Crippen MR) is 116 cm³/mol. The summed E-state index contributed by atoms with van der Waals surface area (Å²) in [6, 6.07) is 2.85. The van der Waals surface area contributed by atoms with Gasteiger partial charge in [-0.2, -0.15) is 0 Å². The van der Waals surface area contributed by atoms with Gasteiger partial charge in [0.2, 0.25) is 0 Å². The Kier molecular flexibility index (Phi) is 8.18. The highest BCUT2D eigenvalue weighted by Gasteiger charge is 2.28. The molecule has 0 radical (unpaired) electrons. The third-order valence-corrected chi connectivity index (χ3v) is 6.73. The van der Waals surface area contributed by atoms with Gasteiger partial charge in [-0.1, -0.05) is 0 Å². The fourth-order valence-electron chi connectivity index (χ4n) is 4.86. The van der Waals surface area contributed by atoms with Crippen LogP contribution >= 0.6 is 0 Å². The first-order valence-electron chi connectivity index (χ1n) is 11.3. The molecule has 0 N–H and O–H groups in total. The maximum atomic E-state index is 9.51. The predicted octanol–water partition coefficient (Wildman–Crippen LogP) is 1.73. The Hall–Kier alpha value is -1.80.